The number of aromatic nitrogens is 3. The highest BCUT2D eigenvalue weighted by molar-refractivity contribution is 5.88. The zero-order chi connectivity index (χ0) is 16.4. The number of halogens is 2. The Morgan fingerprint density at radius 1 is 1.13 bits per heavy atom. The van der Waals surface area contributed by atoms with Crippen LogP contribution in [0.1, 0.15) is 10.5 Å². The number of hydrogen-bond donors (Lipinski definition) is 2. The highest BCUT2D eigenvalue weighted by Gasteiger charge is 2.16. The quantitative estimate of drug-likeness (QED) is 0.749. The van der Waals surface area contributed by atoms with Crippen LogP contribution < -0.4 is 9.47 Å². The van der Waals surface area contributed by atoms with E-state index < -0.39 is 12.6 Å². The summed E-state index contributed by atoms with van der Waals surface area (Å²) >= 11 is 0. The fraction of sp³-hybridized carbons (Fsp3) is 0.0714. The molecule has 3 aromatic rings. The van der Waals surface area contributed by atoms with Crippen LogP contribution in [0.4, 0.5) is 8.78 Å². The monoisotopic (exact) mass is 321 g/mol. The zero-order valence-electron chi connectivity index (χ0n) is 11.4. The van der Waals surface area contributed by atoms with Gasteiger partial charge < -0.3 is 14.6 Å². The molecule has 2 N–H and O–H groups in total. The summed E-state index contributed by atoms with van der Waals surface area (Å²) in [6, 6.07) is 9.24. The Hall–Kier alpha value is -3.23. The molecule has 118 valence electrons. The first-order chi connectivity index (χ1) is 11.0. The molecule has 1 heterocycles. The number of nitrogens with zero attached hydrogens (tertiary/aromatic N) is 2. The van der Waals surface area contributed by atoms with E-state index in [2.05, 4.69) is 20.1 Å². The molecule has 0 bridgehead atoms. The van der Waals surface area contributed by atoms with E-state index in [4.69, 9.17) is 9.84 Å². The number of nitrogens with one attached hydrogen (secondary N) is 1. The lowest BCUT2D eigenvalue weighted by molar-refractivity contribution is -0.0497. The number of aromatic amines is 1. The van der Waals surface area contributed by atoms with Crippen molar-refractivity contribution in [2.45, 2.75) is 6.61 Å². The van der Waals surface area contributed by atoms with Crippen LogP contribution in [0.25, 0.3) is 10.8 Å². The van der Waals surface area contributed by atoms with Gasteiger partial charge in [0.05, 0.1) is 0 Å². The summed E-state index contributed by atoms with van der Waals surface area (Å²) in [7, 11) is 0. The molecule has 3 rings (SSSR count). The van der Waals surface area contributed by atoms with E-state index >= 15 is 0 Å². The number of H-pyrrole nitrogens is 1. The van der Waals surface area contributed by atoms with Gasteiger partial charge in [-0.25, -0.2) is 9.89 Å². The van der Waals surface area contributed by atoms with Crippen molar-refractivity contribution in [1.29, 1.82) is 0 Å². The van der Waals surface area contributed by atoms with Crippen LogP contribution in [-0.4, -0.2) is 33.1 Å². The van der Waals surface area contributed by atoms with Crippen molar-refractivity contribution in [2.75, 3.05) is 0 Å². The van der Waals surface area contributed by atoms with Crippen molar-refractivity contribution < 1.29 is 28.2 Å². The Balaban J connectivity index is 1.88. The summed E-state index contributed by atoms with van der Waals surface area (Å²) in [6.45, 7) is -2.89. The Morgan fingerprint density at radius 3 is 2.43 bits per heavy atom. The van der Waals surface area contributed by atoms with Crippen molar-refractivity contribution in [2.24, 2.45) is 0 Å². The number of rotatable bonds is 5. The number of alkyl halides is 2. The van der Waals surface area contributed by atoms with E-state index in [1.807, 2.05) is 0 Å². The molecule has 0 radical (unpaired) electrons. The van der Waals surface area contributed by atoms with E-state index in [0.717, 1.165) is 0 Å². The van der Waals surface area contributed by atoms with E-state index in [-0.39, 0.29) is 17.3 Å². The first kappa shape index (κ1) is 14.7. The second-order valence-electron chi connectivity index (χ2n) is 4.45. The minimum Gasteiger partial charge on any atom is -0.476 e. The molecule has 0 saturated heterocycles. The minimum atomic E-state index is -2.89. The number of fused-ring (bicyclic) bond motifs is 1. The average molecular weight is 321 g/mol. The molecule has 1 aromatic heterocycles. The molecule has 7 nitrogen and oxygen atoms in total. The second kappa shape index (κ2) is 5.87. The Kier molecular flexibility index (Phi) is 3.75. The van der Waals surface area contributed by atoms with Crippen molar-refractivity contribution in [3.8, 4) is 17.4 Å². The van der Waals surface area contributed by atoms with Crippen LogP contribution in [-0.2, 0) is 0 Å². The number of carboxylic acid groups (broad SMARTS) is 1. The van der Waals surface area contributed by atoms with E-state index in [9.17, 15) is 13.6 Å². The van der Waals surface area contributed by atoms with Crippen molar-refractivity contribution >= 4 is 16.7 Å². The Labute approximate surface area is 127 Å². The number of hydrogen-bond acceptors (Lipinski definition) is 5. The van der Waals surface area contributed by atoms with Gasteiger partial charge in [-0.2, -0.15) is 8.78 Å². The first-order valence-electron chi connectivity index (χ1n) is 6.34. The molecule has 23 heavy (non-hydrogen) atoms. The maximum atomic E-state index is 12.2. The van der Waals surface area contributed by atoms with Crippen molar-refractivity contribution in [3.63, 3.8) is 0 Å². The standard InChI is InChI=1S/C14H9F2N3O4/c15-14(16)23-10-4-2-7-5-9(3-1-8(7)6-10)22-12-11(13(20)21)17-19-18-12/h1-6,14H,(H,20,21)(H,17,18,19). The highest BCUT2D eigenvalue weighted by atomic mass is 19.3. The van der Waals surface area contributed by atoms with Gasteiger partial charge in [-0.15, -0.1) is 0 Å². The summed E-state index contributed by atoms with van der Waals surface area (Å²) < 4.78 is 34.1. The predicted octanol–water partition coefficient (Wildman–Crippen LogP) is 3.05. The van der Waals surface area contributed by atoms with Gasteiger partial charge in [-0.05, 0) is 35.0 Å². The number of ether oxygens (including phenoxy) is 2. The fourth-order valence-electron chi connectivity index (χ4n) is 1.98. The van der Waals surface area contributed by atoms with E-state index in [1.165, 1.54) is 12.1 Å². The highest BCUT2D eigenvalue weighted by Crippen LogP contribution is 2.28. The summed E-state index contributed by atoms with van der Waals surface area (Å²) in [6.07, 6.45) is 0. The normalized spacial score (nSPS) is 10.9. The molecule has 0 saturated carbocycles. The van der Waals surface area contributed by atoms with Crippen molar-refractivity contribution in [3.05, 3.63) is 42.1 Å². The molecule has 0 atom stereocenters. The van der Waals surface area contributed by atoms with Crippen molar-refractivity contribution in [1.82, 2.24) is 15.4 Å². The van der Waals surface area contributed by atoms with Gasteiger partial charge in [-0.1, -0.05) is 22.4 Å². The number of aromatic carboxylic acids is 1. The number of carbonyl (C=O) groups is 1. The number of carboxylic acids is 1. The summed E-state index contributed by atoms with van der Waals surface area (Å²) in [5, 5.41) is 19.4. The zero-order valence-corrected chi connectivity index (χ0v) is 11.4. The Bertz CT molecular complexity index is 866. The summed E-state index contributed by atoms with van der Waals surface area (Å²) in [4.78, 5) is 10.9. The fourth-order valence-corrected chi connectivity index (χ4v) is 1.98. The average Bonchev–Trinajstić information content (AvgIpc) is 2.95. The maximum Gasteiger partial charge on any atom is 0.387 e. The van der Waals surface area contributed by atoms with Crippen LogP contribution >= 0.6 is 0 Å². The van der Waals surface area contributed by atoms with Gasteiger partial charge in [0.15, 0.2) is 0 Å². The molecule has 0 spiro atoms. The predicted molar refractivity (Wildman–Crippen MR) is 74.0 cm³/mol. The second-order valence-corrected chi connectivity index (χ2v) is 4.45. The van der Waals surface area contributed by atoms with Crippen LogP contribution in [0.2, 0.25) is 0 Å². The Morgan fingerprint density at radius 2 is 1.78 bits per heavy atom. The molecule has 0 aliphatic carbocycles. The topological polar surface area (TPSA) is 97.3 Å². The van der Waals surface area contributed by atoms with Gasteiger partial charge in [0.1, 0.15) is 11.5 Å². The SMILES string of the molecule is O=C(O)c1[nH]nnc1Oc1ccc2cc(OC(F)F)ccc2c1. The first-order valence-corrected chi connectivity index (χ1v) is 6.34. The lowest BCUT2D eigenvalue weighted by atomic mass is 10.1. The van der Waals surface area contributed by atoms with Crippen LogP contribution in [0.3, 0.4) is 0 Å². The van der Waals surface area contributed by atoms with Gasteiger partial charge in [0.2, 0.25) is 5.69 Å². The van der Waals surface area contributed by atoms with Crippen LogP contribution in [0.5, 0.6) is 17.4 Å². The molecule has 0 amide bonds. The van der Waals surface area contributed by atoms with Gasteiger partial charge in [0, 0.05) is 0 Å². The third kappa shape index (κ3) is 3.18. The third-order valence-corrected chi connectivity index (χ3v) is 2.95. The molecule has 0 aliphatic heterocycles. The maximum absolute atomic E-state index is 12.2. The van der Waals surface area contributed by atoms with Crippen LogP contribution in [0.15, 0.2) is 36.4 Å². The van der Waals surface area contributed by atoms with Gasteiger partial charge >= 0.3 is 12.6 Å². The molecule has 0 aliphatic rings. The molecule has 0 unspecified atom stereocenters. The van der Waals surface area contributed by atoms with Gasteiger partial charge in [0.25, 0.3) is 5.88 Å². The summed E-state index contributed by atoms with van der Waals surface area (Å²) in [5.74, 6) is -1.05. The largest absolute Gasteiger partial charge is 0.476 e. The molecule has 2 aromatic carbocycles. The van der Waals surface area contributed by atoms with Crippen LogP contribution in [0, 0.1) is 0 Å². The number of benzene rings is 2. The molecule has 0 fully saturated rings. The molecular formula is C14H9F2N3O4. The summed E-state index contributed by atoms with van der Waals surface area (Å²) in [5.41, 5.74) is -0.272. The van der Waals surface area contributed by atoms with Gasteiger partial charge in [-0.3, -0.25) is 0 Å². The van der Waals surface area contributed by atoms with E-state index in [1.54, 1.807) is 24.3 Å². The third-order valence-electron chi connectivity index (χ3n) is 2.95. The lowest BCUT2D eigenvalue weighted by Crippen LogP contribution is -2.01. The molecule has 9 heteroatoms. The lowest BCUT2D eigenvalue weighted by Gasteiger charge is -2.07. The minimum absolute atomic E-state index is 0.0471. The molecular weight excluding hydrogens is 312 g/mol. The van der Waals surface area contributed by atoms with E-state index in [0.29, 0.717) is 16.5 Å². The smallest absolute Gasteiger partial charge is 0.387 e.